The van der Waals surface area contributed by atoms with Crippen LogP contribution in [0.25, 0.3) is 11.1 Å². The van der Waals surface area contributed by atoms with Crippen molar-refractivity contribution in [1.82, 2.24) is 4.98 Å². The number of nitrogens with zero attached hydrogens (tertiary/aromatic N) is 1. The first-order valence-electron chi connectivity index (χ1n) is 9.01. The molecule has 1 spiro atoms. The molecule has 3 nitrogen and oxygen atoms in total. The van der Waals surface area contributed by atoms with Crippen molar-refractivity contribution >= 4 is 32.6 Å². The van der Waals surface area contributed by atoms with Crippen LogP contribution in [-0.4, -0.2) is 19.7 Å². The predicted octanol–water partition coefficient (Wildman–Crippen LogP) is 5.40. The minimum absolute atomic E-state index is 0.267. The lowest BCUT2D eigenvalue weighted by Crippen LogP contribution is -2.11. The minimum atomic E-state index is -3.23. The molecule has 1 heterocycles. The predicted molar refractivity (Wildman–Crippen MR) is 106 cm³/mol. The van der Waals surface area contributed by atoms with Crippen molar-refractivity contribution in [1.29, 1.82) is 0 Å². The Hall–Kier alpha value is -1.65. The molecule has 1 saturated carbocycles. The summed E-state index contributed by atoms with van der Waals surface area (Å²) in [6.45, 7) is 0. The van der Waals surface area contributed by atoms with E-state index >= 15 is 0 Å². The Morgan fingerprint density at radius 1 is 0.962 bits per heavy atom. The van der Waals surface area contributed by atoms with Crippen LogP contribution in [0.2, 0.25) is 5.02 Å². The lowest BCUT2D eigenvalue weighted by molar-refractivity contribution is 0.329. The van der Waals surface area contributed by atoms with Crippen molar-refractivity contribution in [2.45, 2.75) is 43.4 Å². The fourth-order valence-electron chi connectivity index (χ4n) is 4.46. The van der Waals surface area contributed by atoms with Crippen LogP contribution in [-0.2, 0) is 9.84 Å². The van der Waals surface area contributed by atoms with Gasteiger partial charge in [-0.05, 0) is 72.1 Å². The van der Waals surface area contributed by atoms with E-state index in [2.05, 4.69) is 17.1 Å². The maximum Gasteiger partial charge on any atom is 0.177 e. The van der Waals surface area contributed by atoms with E-state index in [0.29, 0.717) is 5.41 Å². The van der Waals surface area contributed by atoms with Crippen LogP contribution in [0, 0.1) is 5.41 Å². The van der Waals surface area contributed by atoms with Gasteiger partial charge in [-0.15, -0.1) is 0 Å². The summed E-state index contributed by atoms with van der Waals surface area (Å²) in [7, 11) is -3.23. The van der Waals surface area contributed by atoms with E-state index in [0.717, 1.165) is 23.6 Å². The van der Waals surface area contributed by atoms with E-state index in [1.54, 1.807) is 6.07 Å². The van der Waals surface area contributed by atoms with Crippen molar-refractivity contribution < 1.29 is 8.42 Å². The monoisotopic (exact) mass is 387 g/mol. The molecular weight excluding hydrogens is 366 g/mol. The van der Waals surface area contributed by atoms with Crippen LogP contribution < -0.4 is 0 Å². The molecule has 0 N–H and O–H groups in total. The number of benzene rings is 1. The largest absolute Gasteiger partial charge is 0.255 e. The van der Waals surface area contributed by atoms with Crippen molar-refractivity contribution in [2.75, 3.05) is 6.26 Å². The average molecular weight is 388 g/mol. The molecule has 5 heteroatoms. The Bertz CT molecular complexity index is 954. The number of aromatic nitrogens is 1. The zero-order valence-electron chi connectivity index (χ0n) is 14.8. The second kappa shape index (κ2) is 6.50. The second-order valence-electron chi connectivity index (χ2n) is 7.68. The molecule has 1 aromatic heterocycles. The minimum Gasteiger partial charge on any atom is -0.255 e. The third-order valence-electron chi connectivity index (χ3n) is 5.80. The van der Waals surface area contributed by atoms with Crippen LogP contribution in [0.3, 0.4) is 0 Å². The van der Waals surface area contributed by atoms with E-state index in [4.69, 9.17) is 11.6 Å². The number of sulfone groups is 1. The summed E-state index contributed by atoms with van der Waals surface area (Å²) < 4.78 is 23.4. The number of halogens is 1. The molecule has 2 aromatic rings. The Morgan fingerprint density at radius 3 is 2.19 bits per heavy atom. The molecule has 0 amide bonds. The molecule has 0 aliphatic heterocycles. The van der Waals surface area contributed by atoms with Gasteiger partial charge in [0.05, 0.1) is 10.6 Å². The second-order valence-corrected chi connectivity index (χ2v) is 10.1. The van der Waals surface area contributed by atoms with E-state index in [1.165, 1.54) is 54.8 Å². The van der Waals surface area contributed by atoms with Gasteiger partial charge in [0, 0.05) is 17.5 Å². The molecule has 2 aliphatic carbocycles. The molecule has 1 aromatic carbocycles. The fraction of sp³-hybridized carbons (Fsp3) is 0.381. The number of allylic oxidation sites excluding steroid dienone is 2. The SMILES string of the molecule is CS(=O)(=O)c1ccc(C2=C(c3ccc(Cl)cc3)CC3(CCCC3)C2)nc1. The fourth-order valence-corrected chi connectivity index (χ4v) is 5.14. The molecule has 0 unspecified atom stereocenters. The molecule has 1 fully saturated rings. The Balaban J connectivity index is 1.78. The van der Waals surface area contributed by atoms with Crippen molar-refractivity contribution in [3.63, 3.8) is 0 Å². The number of pyridine rings is 1. The number of hydrogen-bond acceptors (Lipinski definition) is 3. The van der Waals surface area contributed by atoms with Gasteiger partial charge in [-0.2, -0.15) is 0 Å². The van der Waals surface area contributed by atoms with Crippen LogP contribution in [0.1, 0.15) is 49.8 Å². The maximum atomic E-state index is 11.7. The zero-order chi connectivity index (χ0) is 18.4. The topological polar surface area (TPSA) is 47.0 Å². The highest BCUT2D eigenvalue weighted by Gasteiger charge is 2.41. The quantitative estimate of drug-likeness (QED) is 0.707. The number of hydrogen-bond donors (Lipinski definition) is 0. The van der Waals surface area contributed by atoms with Crippen LogP contribution in [0.5, 0.6) is 0 Å². The third kappa shape index (κ3) is 3.33. The molecular formula is C21H22ClNO2S. The van der Waals surface area contributed by atoms with Gasteiger partial charge < -0.3 is 0 Å². The first kappa shape index (κ1) is 17.7. The van der Waals surface area contributed by atoms with Gasteiger partial charge in [-0.3, -0.25) is 4.98 Å². The maximum absolute atomic E-state index is 11.7. The van der Waals surface area contributed by atoms with Gasteiger partial charge in [-0.1, -0.05) is 36.6 Å². The summed E-state index contributed by atoms with van der Waals surface area (Å²) in [5.41, 5.74) is 5.03. The summed E-state index contributed by atoms with van der Waals surface area (Å²) in [5, 5.41) is 0.736. The lowest BCUT2D eigenvalue weighted by atomic mass is 9.81. The van der Waals surface area contributed by atoms with E-state index in [1.807, 2.05) is 18.2 Å². The van der Waals surface area contributed by atoms with Gasteiger partial charge >= 0.3 is 0 Å². The summed E-state index contributed by atoms with van der Waals surface area (Å²) in [6, 6.07) is 11.6. The van der Waals surface area contributed by atoms with Gasteiger partial charge in [0.25, 0.3) is 0 Å². The number of rotatable bonds is 3. The van der Waals surface area contributed by atoms with Crippen molar-refractivity contribution in [2.24, 2.45) is 5.41 Å². The summed E-state index contributed by atoms with van der Waals surface area (Å²) in [5.74, 6) is 0. The molecule has 2 aliphatic rings. The molecule has 0 atom stereocenters. The zero-order valence-corrected chi connectivity index (χ0v) is 16.4. The first-order valence-corrected chi connectivity index (χ1v) is 11.3. The molecule has 4 rings (SSSR count). The molecule has 26 heavy (non-hydrogen) atoms. The van der Waals surface area contributed by atoms with Gasteiger partial charge in [0.2, 0.25) is 0 Å². The first-order chi connectivity index (χ1) is 12.4. The Labute approximate surface area is 160 Å². The van der Waals surface area contributed by atoms with E-state index in [9.17, 15) is 8.42 Å². The van der Waals surface area contributed by atoms with Gasteiger partial charge in [-0.25, -0.2) is 8.42 Å². The average Bonchev–Trinajstić information content (AvgIpc) is 3.22. The summed E-state index contributed by atoms with van der Waals surface area (Å²) in [6.07, 6.45) is 9.89. The molecule has 0 saturated heterocycles. The van der Waals surface area contributed by atoms with Gasteiger partial charge in [0.1, 0.15) is 0 Å². The highest BCUT2D eigenvalue weighted by molar-refractivity contribution is 7.90. The normalized spacial score (nSPS) is 19.5. The van der Waals surface area contributed by atoms with Crippen LogP contribution >= 0.6 is 11.6 Å². The Morgan fingerprint density at radius 2 is 1.62 bits per heavy atom. The Kier molecular flexibility index (Phi) is 4.44. The van der Waals surface area contributed by atoms with E-state index < -0.39 is 9.84 Å². The van der Waals surface area contributed by atoms with Gasteiger partial charge in [0.15, 0.2) is 9.84 Å². The summed E-state index contributed by atoms with van der Waals surface area (Å²) >= 11 is 6.07. The summed E-state index contributed by atoms with van der Waals surface area (Å²) in [4.78, 5) is 4.78. The molecule has 136 valence electrons. The highest BCUT2D eigenvalue weighted by Crippen LogP contribution is 2.57. The van der Waals surface area contributed by atoms with Crippen molar-refractivity contribution in [3.8, 4) is 0 Å². The van der Waals surface area contributed by atoms with Crippen LogP contribution in [0.4, 0.5) is 0 Å². The van der Waals surface area contributed by atoms with E-state index in [-0.39, 0.29) is 4.90 Å². The van der Waals surface area contributed by atoms with Crippen molar-refractivity contribution in [3.05, 3.63) is 58.9 Å². The smallest absolute Gasteiger partial charge is 0.177 e. The molecule has 0 radical (unpaired) electrons. The third-order valence-corrected chi connectivity index (χ3v) is 7.15. The highest BCUT2D eigenvalue weighted by atomic mass is 35.5. The molecule has 0 bridgehead atoms. The lowest BCUT2D eigenvalue weighted by Gasteiger charge is -2.23. The standard InChI is InChI=1S/C21H22ClNO2S/c1-26(24,25)17-8-9-20(23-14-17)19-13-21(10-2-3-11-21)12-18(19)15-4-6-16(22)7-5-15/h4-9,14H,2-3,10-13H2,1H3. The van der Waals surface area contributed by atoms with Crippen LogP contribution in [0.15, 0.2) is 47.5 Å².